The lowest BCUT2D eigenvalue weighted by Crippen LogP contribution is -2.06. The predicted octanol–water partition coefficient (Wildman–Crippen LogP) is 3.39. The first-order valence-corrected chi connectivity index (χ1v) is 7.39. The Morgan fingerprint density at radius 1 is 1.24 bits per heavy atom. The number of aromatic nitrogens is 3. The Balaban J connectivity index is 2.22. The largest absolute Gasteiger partial charge is 0.437 e. The van der Waals surface area contributed by atoms with Crippen molar-refractivity contribution in [3.63, 3.8) is 0 Å². The van der Waals surface area contributed by atoms with Crippen LogP contribution in [0.4, 0.5) is 5.82 Å². The SMILES string of the molecule is CCCNc1cc(Oc2cncc(Br)c2)nc(COC)n1. The Labute approximate surface area is 132 Å². The maximum Gasteiger partial charge on any atom is 0.224 e. The predicted molar refractivity (Wildman–Crippen MR) is 83.5 cm³/mol. The van der Waals surface area contributed by atoms with E-state index < -0.39 is 0 Å². The number of anilines is 1. The molecule has 21 heavy (non-hydrogen) atoms. The molecule has 0 spiro atoms. The third kappa shape index (κ3) is 4.95. The maximum absolute atomic E-state index is 5.73. The maximum atomic E-state index is 5.73. The van der Waals surface area contributed by atoms with Crippen LogP contribution >= 0.6 is 15.9 Å². The molecule has 0 saturated heterocycles. The van der Waals surface area contributed by atoms with Gasteiger partial charge in [-0.2, -0.15) is 4.98 Å². The summed E-state index contributed by atoms with van der Waals surface area (Å²) >= 11 is 3.36. The van der Waals surface area contributed by atoms with Crippen molar-refractivity contribution in [2.75, 3.05) is 19.0 Å². The van der Waals surface area contributed by atoms with Gasteiger partial charge in [0.2, 0.25) is 5.88 Å². The molecule has 2 heterocycles. The van der Waals surface area contributed by atoms with Crippen molar-refractivity contribution in [1.29, 1.82) is 0 Å². The van der Waals surface area contributed by atoms with Crippen LogP contribution in [-0.4, -0.2) is 28.6 Å². The van der Waals surface area contributed by atoms with Crippen LogP contribution in [0.25, 0.3) is 0 Å². The summed E-state index contributed by atoms with van der Waals surface area (Å²) in [6.07, 6.45) is 4.33. The fourth-order valence-corrected chi connectivity index (χ4v) is 1.98. The second-order valence-corrected chi connectivity index (χ2v) is 5.22. The summed E-state index contributed by atoms with van der Waals surface area (Å²) in [7, 11) is 1.61. The zero-order valence-electron chi connectivity index (χ0n) is 12.0. The number of nitrogens with zero attached hydrogens (tertiary/aromatic N) is 3. The van der Waals surface area contributed by atoms with Gasteiger partial charge in [-0.05, 0) is 28.4 Å². The molecular formula is C14H17BrN4O2. The minimum Gasteiger partial charge on any atom is -0.437 e. The van der Waals surface area contributed by atoms with Crippen LogP contribution in [0.15, 0.2) is 29.0 Å². The van der Waals surface area contributed by atoms with E-state index >= 15 is 0 Å². The molecule has 0 atom stereocenters. The molecule has 0 bridgehead atoms. The van der Waals surface area contributed by atoms with E-state index in [2.05, 4.69) is 43.1 Å². The van der Waals surface area contributed by atoms with Crippen molar-refractivity contribution in [3.8, 4) is 11.6 Å². The first-order chi connectivity index (χ1) is 10.2. The summed E-state index contributed by atoms with van der Waals surface area (Å²) in [5.41, 5.74) is 0. The number of halogens is 1. The van der Waals surface area contributed by atoms with Crippen LogP contribution in [0.5, 0.6) is 11.6 Å². The van der Waals surface area contributed by atoms with E-state index in [1.165, 1.54) is 0 Å². The molecular weight excluding hydrogens is 336 g/mol. The molecule has 2 aromatic heterocycles. The Morgan fingerprint density at radius 3 is 2.81 bits per heavy atom. The molecule has 0 radical (unpaired) electrons. The zero-order valence-corrected chi connectivity index (χ0v) is 13.6. The molecule has 112 valence electrons. The highest BCUT2D eigenvalue weighted by molar-refractivity contribution is 9.10. The van der Waals surface area contributed by atoms with E-state index in [4.69, 9.17) is 9.47 Å². The second-order valence-electron chi connectivity index (χ2n) is 4.31. The third-order valence-corrected chi connectivity index (χ3v) is 2.91. The summed E-state index contributed by atoms with van der Waals surface area (Å²) in [6, 6.07) is 3.58. The van der Waals surface area contributed by atoms with Gasteiger partial charge in [-0.3, -0.25) is 4.98 Å². The number of rotatable bonds is 7. The summed E-state index contributed by atoms with van der Waals surface area (Å²) in [4.78, 5) is 12.7. The molecule has 6 nitrogen and oxygen atoms in total. The van der Waals surface area contributed by atoms with Crippen LogP contribution in [0, 0.1) is 0 Å². The van der Waals surface area contributed by atoms with Gasteiger partial charge in [0.05, 0.1) is 6.20 Å². The van der Waals surface area contributed by atoms with Crippen LogP contribution < -0.4 is 10.1 Å². The minimum absolute atomic E-state index is 0.328. The molecule has 7 heteroatoms. The average Bonchev–Trinajstić information content (AvgIpc) is 2.45. The second kappa shape index (κ2) is 7.90. The molecule has 0 saturated carbocycles. The third-order valence-electron chi connectivity index (χ3n) is 2.48. The molecule has 2 rings (SSSR count). The van der Waals surface area contributed by atoms with Gasteiger partial charge in [-0.1, -0.05) is 6.92 Å². The van der Waals surface area contributed by atoms with Gasteiger partial charge in [-0.15, -0.1) is 0 Å². The molecule has 1 N–H and O–H groups in total. The topological polar surface area (TPSA) is 69.2 Å². The van der Waals surface area contributed by atoms with Crippen molar-refractivity contribution in [3.05, 3.63) is 34.8 Å². The van der Waals surface area contributed by atoms with Gasteiger partial charge < -0.3 is 14.8 Å². The molecule has 0 aromatic carbocycles. The summed E-state index contributed by atoms with van der Waals surface area (Å²) in [6.45, 7) is 3.25. The van der Waals surface area contributed by atoms with Crippen molar-refractivity contribution in [1.82, 2.24) is 15.0 Å². The van der Waals surface area contributed by atoms with Crippen LogP contribution in [0.3, 0.4) is 0 Å². The van der Waals surface area contributed by atoms with Gasteiger partial charge in [0.25, 0.3) is 0 Å². The smallest absolute Gasteiger partial charge is 0.224 e. The Bertz CT molecular complexity index is 595. The Morgan fingerprint density at radius 2 is 2.10 bits per heavy atom. The fourth-order valence-electron chi connectivity index (χ4n) is 1.63. The highest BCUT2D eigenvalue weighted by Crippen LogP contribution is 2.23. The highest BCUT2D eigenvalue weighted by Gasteiger charge is 2.07. The summed E-state index contributed by atoms with van der Waals surface area (Å²) in [5, 5.41) is 3.22. The lowest BCUT2D eigenvalue weighted by atomic mass is 10.4. The number of hydrogen-bond acceptors (Lipinski definition) is 6. The van der Waals surface area contributed by atoms with Gasteiger partial charge in [-0.25, -0.2) is 4.98 Å². The lowest BCUT2D eigenvalue weighted by molar-refractivity contribution is 0.177. The van der Waals surface area contributed by atoms with E-state index in [1.807, 2.05) is 6.07 Å². The molecule has 0 aliphatic carbocycles. The average molecular weight is 353 g/mol. The Kier molecular flexibility index (Phi) is 5.89. The van der Waals surface area contributed by atoms with Crippen molar-refractivity contribution >= 4 is 21.7 Å². The molecule has 2 aromatic rings. The van der Waals surface area contributed by atoms with Gasteiger partial charge in [0.1, 0.15) is 18.2 Å². The van der Waals surface area contributed by atoms with E-state index in [0.29, 0.717) is 24.1 Å². The van der Waals surface area contributed by atoms with E-state index in [9.17, 15) is 0 Å². The van der Waals surface area contributed by atoms with Crippen molar-refractivity contribution < 1.29 is 9.47 Å². The normalized spacial score (nSPS) is 10.4. The van der Waals surface area contributed by atoms with E-state index in [1.54, 1.807) is 25.6 Å². The van der Waals surface area contributed by atoms with E-state index in [0.717, 1.165) is 23.3 Å². The standard InChI is InChI=1S/C14H17BrN4O2/c1-3-4-17-12-6-14(19-13(18-12)9-20-2)21-11-5-10(15)7-16-8-11/h5-8H,3-4,9H2,1-2H3,(H,17,18,19). The van der Waals surface area contributed by atoms with Crippen LogP contribution in [0.1, 0.15) is 19.2 Å². The number of nitrogens with one attached hydrogen (secondary N) is 1. The van der Waals surface area contributed by atoms with Crippen molar-refractivity contribution in [2.45, 2.75) is 20.0 Å². The molecule has 0 aliphatic rings. The number of pyridine rings is 1. The van der Waals surface area contributed by atoms with Gasteiger partial charge in [0, 0.05) is 30.4 Å². The minimum atomic E-state index is 0.328. The van der Waals surface area contributed by atoms with Crippen LogP contribution in [-0.2, 0) is 11.3 Å². The highest BCUT2D eigenvalue weighted by atomic mass is 79.9. The number of ether oxygens (including phenoxy) is 2. The summed E-state index contributed by atoms with van der Waals surface area (Å²) in [5.74, 6) is 2.34. The summed E-state index contributed by atoms with van der Waals surface area (Å²) < 4.78 is 11.7. The number of methoxy groups -OCH3 is 1. The molecule has 0 fully saturated rings. The van der Waals surface area contributed by atoms with Gasteiger partial charge >= 0.3 is 0 Å². The Hall–Kier alpha value is -1.73. The lowest BCUT2D eigenvalue weighted by Gasteiger charge is -2.10. The monoisotopic (exact) mass is 352 g/mol. The molecule has 0 aliphatic heterocycles. The van der Waals surface area contributed by atoms with Gasteiger partial charge in [0.15, 0.2) is 5.82 Å². The first-order valence-electron chi connectivity index (χ1n) is 6.60. The fraction of sp³-hybridized carbons (Fsp3) is 0.357. The number of hydrogen-bond donors (Lipinski definition) is 1. The van der Waals surface area contributed by atoms with Crippen molar-refractivity contribution in [2.24, 2.45) is 0 Å². The van der Waals surface area contributed by atoms with Crippen LogP contribution in [0.2, 0.25) is 0 Å². The van der Waals surface area contributed by atoms with E-state index in [-0.39, 0.29) is 0 Å². The first kappa shape index (κ1) is 15.7. The molecule has 0 amide bonds. The zero-order chi connectivity index (χ0) is 15.1. The molecule has 0 unspecified atom stereocenters. The quantitative estimate of drug-likeness (QED) is 0.823.